The Morgan fingerprint density at radius 2 is 1.97 bits per heavy atom. The Morgan fingerprint density at radius 3 is 2.73 bits per heavy atom. The van der Waals surface area contributed by atoms with E-state index in [4.69, 9.17) is 4.84 Å². The van der Waals surface area contributed by atoms with E-state index < -0.39 is 6.10 Å². The topological polar surface area (TPSA) is 65.0 Å². The molecule has 0 radical (unpaired) electrons. The van der Waals surface area contributed by atoms with E-state index in [1.165, 1.54) is 22.8 Å². The number of anilines is 1. The van der Waals surface area contributed by atoms with Gasteiger partial charge in [-0.25, -0.2) is 9.18 Å². The number of likely N-dealkylation sites (tertiary alicyclic amines) is 1. The minimum absolute atomic E-state index is 0.174. The van der Waals surface area contributed by atoms with E-state index in [0.717, 1.165) is 37.9 Å². The molecule has 2 aliphatic heterocycles. The average molecular weight is 413 g/mol. The van der Waals surface area contributed by atoms with Crippen molar-refractivity contribution < 1.29 is 19.1 Å². The molecule has 1 saturated heterocycles. The van der Waals surface area contributed by atoms with Gasteiger partial charge in [0.25, 0.3) is 0 Å². The second-order valence-corrected chi connectivity index (χ2v) is 8.15. The number of hydroxylamine groups is 1. The fourth-order valence-corrected chi connectivity index (χ4v) is 4.13. The number of fused-ring (bicyclic) bond motifs is 2. The molecule has 7 heteroatoms. The molecule has 2 heterocycles. The van der Waals surface area contributed by atoms with Crippen molar-refractivity contribution in [1.82, 2.24) is 10.2 Å². The summed E-state index contributed by atoms with van der Waals surface area (Å²) in [6.45, 7) is 2.89. The summed E-state index contributed by atoms with van der Waals surface area (Å²) in [4.78, 5) is 20.1. The molecular formula is C23H28FN3O3. The Kier molecular flexibility index (Phi) is 6.62. The molecule has 2 bridgehead atoms. The third-order valence-corrected chi connectivity index (χ3v) is 5.79. The predicted molar refractivity (Wildman–Crippen MR) is 112 cm³/mol. The normalized spacial score (nSPS) is 18.3. The van der Waals surface area contributed by atoms with Gasteiger partial charge in [-0.2, -0.15) is 5.06 Å². The molecule has 0 aliphatic carbocycles. The van der Waals surface area contributed by atoms with Crippen molar-refractivity contribution in [3.63, 3.8) is 0 Å². The summed E-state index contributed by atoms with van der Waals surface area (Å²) in [7, 11) is 0. The lowest BCUT2D eigenvalue weighted by molar-refractivity contribution is 0.0825. The highest BCUT2D eigenvalue weighted by molar-refractivity contribution is 5.90. The fourth-order valence-electron chi connectivity index (χ4n) is 4.13. The van der Waals surface area contributed by atoms with Gasteiger partial charge < -0.3 is 15.3 Å². The van der Waals surface area contributed by atoms with Crippen LogP contribution >= 0.6 is 0 Å². The van der Waals surface area contributed by atoms with Crippen LogP contribution in [0.25, 0.3) is 0 Å². The molecule has 2 aliphatic rings. The number of hydrogen-bond donors (Lipinski definition) is 2. The van der Waals surface area contributed by atoms with E-state index in [1.807, 2.05) is 36.4 Å². The van der Waals surface area contributed by atoms with Crippen LogP contribution in [-0.4, -0.2) is 48.3 Å². The van der Waals surface area contributed by atoms with Gasteiger partial charge in [-0.15, -0.1) is 0 Å². The van der Waals surface area contributed by atoms with E-state index in [0.29, 0.717) is 24.8 Å². The van der Waals surface area contributed by atoms with Gasteiger partial charge >= 0.3 is 6.03 Å². The fraction of sp³-hybridized carbons (Fsp3) is 0.435. The van der Waals surface area contributed by atoms with Crippen LogP contribution in [0.2, 0.25) is 0 Å². The molecule has 2 aromatic rings. The molecule has 1 unspecified atom stereocenters. The highest BCUT2D eigenvalue weighted by atomic mass is 19.1. The van der Waals surface area contributed by atoms with Gasteiger partial charge in [0.1, 0.15) is 12.4 Å². The van der Waals surface area contributed by atoms with Crippen LogP contribution in [0.4, 0.5) is 14.9 Å². The summed E-state index contributed by atoms with van der Waals surface area (Å²) in [6, 6.07) is 13.9. The number of benzene rings is 2. The first-order valence-corrected chi connectivity index (χ1v) is 10.5. The highest BCUT2D eigenvalue weighted by Crippen LogP contribution is 2.24. The number of amides is 2. The number of urea groups is 1. The maximum Gasteiger partial charge on any atom is 0.346 e. The smallest absolute Gasteiger partial charge is 0.346 e. The van der Waals surface area contributed by atoms with Crippen LogP contribution in [-0.2, 0) is 17.9 Å². The predicted octanol–water partition coefficient (Wildman–Crippen LogP) is 3.10. The van der Waals surface area contributed by atoms with E-state index in [-0.39, 0.29) is 18.4 Å². The van der Waals surface area contributed by atoms with Gasteiger partial charge in [0.05, 0.1) is 11.8 Å². The number of carbonyl (C=O) groups excluding carboxylic acids is 1. The molecule has 1 atom stereocenters. The molecule has 0 saturated carbocycles. The SMILES string of the molecule is O=C(NCC(O)CN1CCC(Cc2ccc(F)cc2)CC1)N1OCc2cccc1c2. The first-order chi connectivity index (χ1) is 14.6. The van der Waals surface area contributed by atoms with E-state index in [2.05, 4.69) is 10.2 Å². The number of β-amino-alcohol motifs (C(OH)–C–C–N with tert-alkyl or cyclic N) is 1. The summed E-state index contributed by atoms with van der Waals surface area (Å²) in [6.07, 6.45) is 2.42. The summed E-state index contributed by atoms with van der Waals surface area (Å²) < 4.78 is 13.0. The quantitative estimate of drug-likeness (QED) is 0.764. The molecule has 30 heavy (non-hydrogen) atoms. The lowest BCUT2D eigenvalue weighted by atomic mass is 9.90. The van der Waals surface area contributed by atoms with Gasteiger partial charge in [0.15, 0.2) is 0 Å². The average Bonchev–Trinajstić information content (AvgIpc) is 2.75. The summed E-state index contributed by atoms with van der Waals surface area (Å²) in [5, 5.41) is 14.4. The number of nitrogens with one attached hydrogen (secondary N) is 1. The van der Waals surface area contributed by atoms with Gasteiger partial charge in [0, 0.05) is 13.1 Å². The Hall–Kier alpha value is -2.48. The van der Waals surface area contributed by atoms with Crippen molar-refractivity contribution >= 4 is 11.7 Å². The summed E-state index contributed by atoms with van der Waals surface area (Å²) in [5.41, 5.74) is 2.89. The summed E-state index contributed by atoms with van der Waals surface area (Å²) in [5.74, 6) is 0.380. The van der Waals surface area contributed by atoms with Gasteiger partial charge in [-0.1, -0.05) is 24.3 Å². The molecule has 6 nitrogen and oxygen atoms in total. The first kappa shape index (κ1) is 20.8. The monoisotopic (exact) mass is 413 g/mol. The number of rotatable bonds is 6. The second kappa shape index (κ2) is 9.55. The van der Waals surface area contributed by atoms with Crippen molar-refractivity contribution in [3.05, 3.63) is 65.5 Å². The van der Waals surface area contributed by atoms with Gasteiger partial charge in [-0.3, -0.25) is 4.84 Å². The molecule has 2 N–H and O–H groups in total. The Labute approximate surface area is 176 Å². The Bertz CT molecular complexity index is 853. The third kappa shape index (κ3) is 5.36. The Balaban J connectivity index is 1.17. The van der Waals surface area contributed by atoms with Crippen molar-refractivity contribution in [1.29, 1.82) is 0 Å². The number of nitrogens with zero attached hydrogens (tertiary/aromatic N) is 2. The van der Waals surface area contributed by atoms with Crippen LogP contribution < -0.4 is 10.4 Å². The molecule has 1 fully saturated rings. The molecule has 4 rings (SSSR count). The maximum atomic E-state index is 13.0. The van der Waals surface area contributed by atoms with E-state index >= 15 is 0 Å². The largest absolute Gasteiger partial charge is 0.390 e. The first-order valence-electron chi connectivity index (χ1n) is 10.5. The zero-order valence-corrected chi connectivity index (χ0v) is 17.0. The number of aliphatic hydroxyl groups excluding tert-OH is 1. The van der Waals surface area contributed by atoms with Crippen LogP contribution in [0, 0.1) is 11.7 Å². The maximum absolute atomic E-state index is 13.0. The molecule has 2 amide bonds. The van der Waals surface area contributed by atoms with Crippen LogP contribution in [0.5, 0.6) is 0 Å². The Morgan fingerprint density at radius 1 is 1.20 bits per heavy atom. The third-order valence-electron chi connectivity index (χ3n) is 5.79. The van der Waals surface area contributed by atoms with Crippen molar-refractivity contribution in [3.8, 4) is 0 Å². The number of halogens is 1. The van der Waals surface area contributed by atoms with Gasteiger partial charge in [0.2, 0.25) is 0 Å². The number of piperidine rings is 1. The summed E-state index contributed by atoms with van der Waals surface area (Å²) >= 11 is 0. The highest BCUT2D eigenvalue weighted by Gasteiger charge is 2.24. The van der Waals surface area contributed by atoms with Crippen LogP contribution in [0.1, 0.15) is 24.0 Å². The van der Waals surface area contributed by atoms with E-state index in [9.17, 15) is 14.3 Å². The molecule has 0 aromatic heterocycles. The lowest BCUT2D eigenvalue weighted by Crippen LogP contribution is -2.47. The lowest BCUT2D eigenvalue weighted by Gasteiger charge is -2.33. The number of carbonyl (C=O) groups is 1. The zero-order valence-electron chi connectivity index (χ0n) is 17.0. The minimum atomic E-state index is -0.640. The molecule has 2 aromatic carbocycles. The zero-order chi connectivity index (χ0) is 20.9. The van der Waals surface area contributed by atoms with Crippen molar-refractivity contribution in [2.75, 3.05) is 31.2 Å². The molecule has 0 spiro atoms. The van der Waals surface area contributed by atoms with Crippen LogP contribution in [0.15, 0.2) is 48.5 Å². The standard InChI is InChI=1S/C23H28FN3O3/c24-20-6-4-17(5-7-20)12-18-8-10-26(11-9-18)15-22(28)14-25-23(29)27-21-3-1-2-19(13-21)16-30-27/h1-7,13,18,22,28H,8-12,14-16H2,(H,25,29). The van der Waals surface area contributed by atoms with E-state index in [1.54, 1.807) is 0 Å². The minimum Gasteiger partial charge on any atom is -0.390 e. The second-order valence-electron chi connectivity index (χ2n) is 8.15. The van der Waals surface area contributed by atoms with Crippen molar-refractivity contribution in [2.45, 2.75) is 32.0 Å². The molecular weight excluding hydrogens is 385 g/mol. The van der Waals surface area contributed by atoms with Crippen LogP contribution in [0.3, 0.4) is 0 Å². The molecule has 160 valence electrons. The van der Waals surface area contributed by atoms with Crippen molar-refractivity contribution in [2.24, 2.45) is 5.92 Å². The number of hydrogen-bond acceptors (Lipinski definition) is 4. The van der Waals surface area contributed by atoms with Gasteiger partial charge in [-0.05, 0) is 73.7 Å². The number of aliphatic hydroxyl groups is 1.